The molecule has 0 N–H and O–H groups in total. The van der Waals surface area contributed by atoms with Crippen molar-refractivity contribution in [2.75, 3.05) is 0 Å². The quantitative estimate of drug-likeness (QED) is 0.534. The molecule has 98 valence electrons. The maximum atomic E-state index is 12.8. The number of halogens is 3. The number of hydrogen-bond acceptors (Lipinski definition) is 1. The number of benzene rings is 3. The minimum atomic E-state index is -4.37. The van der Waals surface area contributed by atoms with Gasteiger partial charge in [0.05, 0.1) is 17.2 Å². The molecule has 3 aromatic rings. The highest BCUT2D eigenvalue weighted by Gasteiger charge is 2.30. The first kappa shape index (κ1) is 12.5. The van der Waals surface area contributed by atoms with Crippen molar-refractivity contribution in [3.63, 3.8) is 0 Å². The Bertz CT molecular complexity index is 857. The third-order valence-electron chi connectivity index (χ3n) is 3.30. The van der Waals surface area contributed by atoms with Crippen molar-refractivity contribution in [1.82, 2.24) is 0 Å². The summed E-state index contributed by atoms with van der Waals surface area (Å²) in [5.41, 5.74) is -0.248. The molecular formula is C16H8F3N. The highest BCUT2D eigenvalue weighted by molar-refractivity contribution is 6.08. The zero-order chi connectivity index (χ0) is 14.3. The van der Waals surface area contributed by atoms with Crippen LogP contribution in [0.2, 0.25) is 0 Å². The van der Waals surface area contributed by atoms with Crippen LogP contribution in [-0.2, 0) is 6.18 Å². The molecule has 20 heavy (non-hydrogen) atoms. The molecule has 3 rings (SSSR count). The maximum absolute atomic E-state index is 12.8. The molecule has 0 fully saturated rings. The van der Waals surface area contributed by atoms with Crippen LogP contribution >= 0.6 is 0 Å². The van der Waals surface area contributed by atoms with Crippen molar-refractivity contribution in [3.05, 3.63) is 59.7 Å². The van der Waals surface area contributed by atoms with Gasteiger partial charge in [-0.15, -0.1) is 0 Å². The van der Waals surface area contributed by atoms with E-state index in [1.54, 1.807) is 24.3 Å². The van der Waals surface area contributed by atoms with Gasteiger partial charge in [-0.2, -0.15) is 18.4 Å². The Labute approximate surface area is 112 Å². The molecule has 0 aliphatic rings. The van der Waals surface area contributed by atoms with Gasteiger partial charge in [-0.05, 0) is 45.8 Å². The van der Waals surface area contributed by atoms with Crippen LogP contribution < -0.4 is 0 Å². The number of fused-ring (bicyclic) bond motifs is 3. The van der Waals surface area contributed by atoms with Gasteiger partial charge in [0, 0.05) is 0 Å². The first-order valence-electron chi connectivity index (χ1n) is 5.93. The SMILES string of the molecule is N#Cc1ccc2ccc3ccc(C(F)(F)F)cc3c2c1. The van der Waals surface area contributed by atoms with Gasteiger partial charge < -0.3 is 0 Å². The van der Waals surface area contributed by atoms with Gasteiger partial charge >= 0.3 is 6.18 Å². The van der Waals surface area contributed by atoms with Crippen molar-refractivity contribution in [3.8, 4) is 6.07 Å². The summed E-state index contributed by atoms with van der Waals surface area (Å²) in [6, 6.07) is 14.3. The smallest absolute Gasteiger partial charge is 0.192 e. The van der Waals surface area contributed by atoms with E-state index in [1.165, 1.54) is 6.07 Å². The number of hydrogen-bond donors (Lipinski definition) is 0. The molecule has 0 aliphatic heterocycles. The minimum absolute atomic E-state index is 0.433. The molecule has 0 radical (unpaired) electrons. The second-order valence-corrected chi connectivity index (χ2v) is 4.55. The van der Waals surface area contributed by atoms with E-state index in [2.05, 4.69) is 0 Å². The van der Waals surface area contributed by atoms with Gasteiger partial charge in [0.15, 0.2) is 0 Å². The predicted molar refractivity (Wildman–Crippen MR) is 71.2 cm³/mol. The van der Waals surface area contributed by atoms with Crippen LogP contribution in [0.4, 0.5) is 13.2 Å². The van der Waals surface area contributed by atoms with Gasteiger partial charge in [0.2, 0.25) is 0 Å². The van der Waals surface area contributed by atoms with Crippen LogP contribution in [0.1, 0.15) is 11.1 Å². The summed E-state index contributed by atoms with van der Waals surface area (Å²) in [5, 5.41) is 11.6. The van der Waals surface area contributed by atoms with E-state index < -0.39 is 11.7 Å². The first-order valence-corrected chi connectivity index (χ1v) is 5.93. The highest BCUT2D eigenvalue weighted by Crippen LogP contribution is 2.34. The fraction of sp³-hybridized carbons (Fsp3) is 0.0625. The van der Waals surface area contributed by atoms with Crippen molar-refractivity contribution >= 4 is 21.5 Å². The van der Waals surface area contributed by atoms with Gasteiger partial charge in [0.1, 0.15) is 0 Å². The Morgan fingerprint density at radius 1 is 0.800 bits per heavy atom. The molecule has 0 spiro atoms. The molecule has 3 aromatic carbocycles. The van der Waals surface area contributed by atoms with E-state index >= 15 is 0 Å². The van der Waals surface area contributed by atoms with Gasteiger partial charge in [-0.3, -0.25) is 0 Å². The predicted octanol–water partition coefficient (Wildman–Crippen LogP) is 4.88. The largest absolute Gasteiger partial charge is 0.416 e. The molecule has 0 saturated heterocycles. The molecule has 0 bridgehead atoms. The van der Waals surface area contributed by atoms with Crippen molar-refractivity contribution in [1.29, 1.82) is 5.26 Å². The molecule has 0 saturated carbocycles. The fourth-order valence-electron chi connectivity index (χ4n) is 2.30. The zero-order valence-electron chi connectivity index (χ0n) is 10.2. The lowest BCUT2D eigenvalue weighted by molar-refractivity contribution is -0.137. The highest BCUT2D eigenvalue weighted by atomic mass is 19.4. The van der Waals surface area contributed by atoms with Crippen LogP contribution in [0.25, 0.3) is 21.5 Å². The van der Waals surface area contributed by atoms with Crippen molar-refractivity contribution in [2.24, 2.45) is 0 Å². The number of rotatable bonds is 0. The van der Waals surface area contributed by atoms with Crippen LogP contribution in [0, 0.1) is 11.3 Å². The topological polar surface area (TPSA) is 23.8 Å². The third-order valence-corrected chi connectivity index (χ3v) is 3.30. The molecule has 0 unspecified atom stereocenters. The van der Waals surface area contributed by atoms with Crippen LogP contribution in [-0.4, -0.2) is 0 Å². The molecule has 0 aromatic heterocycles. The summed E-state index contributed by atoms with van der Waals surface area (Å²) in [5.74, 6) is 0. The lowest BCUT2D eigenvalue weighted by atomic mass is 9.98. The van der Waals surface area contributed by atoms with Crippen molar-refractivity contribution < 1.29 is 13.2 Å². The van der Waals surface area contributed by atoms with Gasteiger partial charge in [-0.25, -0.2) is 0 Å². The number of alkyl halides is 3. The van der Waals surface area contributed by atoms with Gasteiger partial charge in [0.25, 0.3) is 0 Å². The Hall–Kier alpha value is -2.54. The zero-order valence-corrected chi connectivity index (χ0v) is 10.2. The van der Waals surface area contributed by atoms with Crippen LogP contribution in [0.15, 0.2) is 48.5 Å². The summed E-state index contributed by atoms with van der Waals surface area (Å²) in [6.07, 6.45) is -4.37. The lowest BCUT2D eigenvalue weighted by Gasteiger charge is -2.09. The van der Waals surface area contributed by atoms with E-state index in [0.29, 0.717) is 16.3 Å². The van der Waals surface area contributed by atoms with E-state index in [9.17, 15) is 13.2 Å². The average Bonchev–Trinajstić information content (AvgIpc) is 2.45. The summed E-state index contributed by atoms with van der Waals surface area (Å²) in [4.78, 5) is 0. The number of nitriles is 1. The lowest BCUT2D eigenvalue weighted by Crippen LogP contribution is -2.04. The van der Waals surface area contributed by atoms with E-state index in [1.807, 2.05) is 12.1 Å². The normalized spacial score (nSPS) is 11.7. The summed E-state index contributed by atoms with van der Waals surface area (Å²) >= 11 is 0. The third kappa shape index (κ3) is 1.97. The van der Waals surface area contributed by atoms with Crippen molar-refractivity contribution in [2.45, 2.75) is 6.18 Å². The Morgan fingerprint density at radius 3 is 1.95 bits per heavy atom. The fourth-order valence-corrected chi connectivity index (χ4v) is 2.30. The molecule has 0 heterocycles. The van der Waals surface area contributed by atoms with E-state index in [4.69, 9.17) is 5.26 Å². The second-order valence-electron chi connectivity index (χ2n) is 4.55. The van der Waals surface area contributed by atoms with Crippen LogP contribution in [0.3, 0.4) is 0 Å². The second kappa shape index (κ2) is 4.24. The summed E-state index contributed by atoms with van der Waals surface area (Å²) in [7, 11) is 0. The van der Waals surface area contributed by atoms with E-state index in [-0.39, 0.29) is 0 Å². The maximum Gasteiger partial charge on any atom is 0.416 e. The Kier molecular flexibility index (Phi) is 2.65. The molecular weight excluding hydrogens is 263 g/mol. The molecule has 0 amide bonds. The summed E-state index contributed by atoms with van der Waals surface area (Å²) < 4.78 is 38.4. The standard InChI is InChI=1S/C16H8F3N/c17-16(18,19)13-6-5-12-4-3-11-2-1-10(9-20)7-14(11)15(12)8-13/h1-8H. The summed E-state index contributed by atoms with van der Waals surface area (Å²) in [6.45, 7) is 0. The molecule has 0 aliphatic carbocycles. The number of nitrogens with zero attached hydrogens (tertiary/aromatic N) is 1. The Morgan fingerprint density at radius 2 is 1.35 bits per heavy atom. The van der Waals surface area contributed by atoms with Crippen LogP contribution in [0.5, 0.6) is 0 Å². The van der Waals surface area contributed by atoms with Gasteiger partial charge in [-0.1, -0.05) is 24.3 Å². The monoisotopic (exact) mass is 271 g/mol. The average molecular weight is 271 g/mol. The van der Waals surface area contributed by atoms with E-state index in [0.717, 1.165) is 22.9 Å². The molecule has 4 heteroatoms. The Balaban J connectivity index is 2.41. The first-order chi connectivity index (χ1) is 9.49. The molecule has 1 nitrogen and oxygen atoms in total. The minimum Gasteiger partial charge on any atom is -0.192 e. The molecule has 0 atom stereocenters.